The molecule has 1 aromatic rings. The van der Waals surface area contributed by atoms with Crippen LogP contribution < -0.4 is 5.32 Å². The molecule has 0 fully saturated rings. The molecule has 1 atom stereocenters. The van der Waals surface area contributed by atoms with Gasteiger partial charge in [0.1, 0.15) is 5.82 Å². The first-order valence-corrected chi connectivity index (χ1v) is 5.91. The fourth-order valence-corrected chi connectivity index (χ4v) is 1.91. The Hall–Kier alpha value is -0.890. The van der Waals surface area contributed by atoms with Crippen LogP contribution >= 0.6 is 0 Å². The molecule has 0 aliphatic carbocycles. The van der Waals surface area contributed by atoms with Crippen molar-refractivity contribution in [2.75, 3.05) is 0 Å². The van der Waals surface area contributed by atoms with Crippen molar-refractivity contribution in [3.05, 3.63) is 35.6 Å². The number of hydrogen-bond acceptors (Lipinski definition) is 1. The predicted octanol–water partition coefficient (Wildman–Crippen LogP) is 3.74. The molecule has 0 bridgehead atoms. The Balaban J connectivity index is 2.53. The van der Waals surface area contributed by atoms with Gasteiger partial charge in [0, 0.05) is 12.6 Å². The average molecular weight is 223 g/mol. The number of nitrogens with one attached hydrogen (secondary N) is 1. The molecule has 0 radical (unpaired) electrons. The molecule has 0 aliphatic rings. The third-order valence-corrected chi connectivity index (χ3v) is 2.92. The Morgan fingerprint density at radius 3 is 2.19 bits per heavy atom. The predicted molar refractivity (Wildman–Crippen MR) is 66.8 cm³/mol. The topological polar surface area (TPSA) is 12.0 Å². The van der Waals surface area contributed by atoms with E-state index in [0.717, 1.165) is 18.5 Å². The van der Waals surface area contributed by atoms with Crippen LogP contribution in [-0.4, -0.2) is 6.04 Å². The van der Waals surface area contributed by atoms with E-state index in [-0.39, 0.29) is 11.2 Å². The van der Waals surface area contributed by atoms with Crippen LogP contribution in [-0.2, 0) is 6.54 Å². The van der Waals surface area contributed by atoms with Crippen LogP contribution in [0.2, 0.25) is 0 Å². The second-order valence-corrected chi connectivity index (χ2v) is 5.33. The molecule has 1 unspecified atom stereocenters. The van der Waals surface area contributed by atoms with Gasteiger partial charge in [0.25, 0.3) is 0 Å². The summed E-state index contributed by atoms with van der Waals surface area (Å²) in [4.78, 5) is 0. The number of rotatable bonds is 4. The van der Waals surface area contributed by atoms with Gasteiger partial charge in [-0.3, -0.25) is 0 Å². The van der Waals surface area contributed by atoms with Crippen molar-refractivity contribution < 1.29 is 4.39 Å². The summed E-state index contributed by atoms with van der Waals surface area (Å²) in [6.45, 7) is 9.69. The van der Waals surface area contributed by atoms with Gasteiger partial charge in [-0.2, -0.15) is 0 Å². The van der Waals surface area contributed by atoms with Crippen molar-refractivity contribution >= 4 is 0 Å². The summed E-state index contributed by atoms with van der Waals surface area (Å²) in [5.74, 6) is -0.174. The molecule has 1 rings (SSSR count). The molecule has 0 aromatic heterocycles. The van der Waals surface area contributed by atoms with Gasteiger partial charge in [-0.1, -0.05) is 39.8 Å². The second-order valence-electron chi connectivity index (χ2n) is 5.33. The van der Waals surface area contributed by atoms with E-state index in [0.29, 0.717) is 6.04 Å². The summed E-state index contributed by atoms with van der Waals surface area (Å²) < 4.78 is 12.7. The highest BCUT2D eigenvalue weighted by Crippen LogP contribution is 2.21. The van der Waals surface area contributed by atoms with E-state index < -0.39 is 0 Å². The minimum absolute atomic E-state index is 0.174. The molecule has 90 valence electrons. The number of hydrogen-bond donors (Lipinski definition) is 1. The van der Waals surface area contributed by atoms with Crippen molar-refractivity contribution in [2.45, 2.75) is 46.7 Å². The van der Waals surface area contributed by atoms with Crippen LogP contribution in [0.25, 0.3) is 0 Å². The Kier molecular flexibility index (Phi) is 4.48. The zero-order valence-corrected chi connectivity index (χ0v) is 10.7. The maximum Gasteiger partial charge on any atom is 0.123 e. The summed E-state index contributed by atoms with van der Waals surface area (Å²) >= 11 is 0. The van der Waals surface area contributed by atoms with E-state index in [4.69, 9.17) is 0 Å². The van der Waals surface area contributed by atoms with E-state index in [1.54, 1.807) is 0 Å². The molecule has 1 aromatic carbocycles. The van der Waals surface area contributed by atoms with Crippen molar-refractivity contribution in [3.8, 4) is 0 Å². The molecule has 1 nitrogen and oxygen atoms in total. The third-order valence-electron chi connectivity index (χ3n) is 2.92. The van der Waals surface area contributed by atoms with E-state index in [1.807, 2.05) is 12.1 Å². The first kappa shape index (κ1) is 13.2. The summed E-state index contributed by atoms with van der Waals surface area (Å²) in [6.07, 6.45) is 1.10. The number of halogens is 1. The maximum absolute atomic E-state index is 12.7. The average Bonchev–Trinajstić information content (AvgIpc) is 2.19. The van der Waals surface area contributed by atoms with E-state index in [2.05, 4.69) is 33.0 Å². The highest BCUT2D eigenvalue weighted by Gasteiger charge is 2.21. The van der Waals surface area contributed by atoms with Crippen molar-refractivity contribution in [2.24, 2.45) is 5.41 Å². The zero-order valence-electron chi connectivity index (χ0n) is 10.7. The Morgan fingerprint density at radius 2 is 1.75 bits per heavy atom. The summed E-state index contributed by atoms with van der Waals surface area (Å²) in [7, 11) is 0. The van der Waals surface area contributed by atoms with Gasteiger partial charge < -0.3 is 5.32 Å². The largest absolute Gasteiger partial charge is 0.309 e. The molecule has 0 saturated heterocycles. The van der Waals surface area contributed by atoms with Gasteiger partial charge in [0.05, 0.1) is 0 Å². The first-order chi connectivity index (χ1) is 7.43. The standard InChI is InChI=1S/C14H22FN/c1-5-13(14(2,3)4)16-10-11-6-8-12(15)9-7-11/h6-9,13,16H,5,10H2,1-4H3. The van der Waals surface area contributed by atoms with Crippen molar-refractivity contribution in [1.29, 1.82) is 0 Å². The molecule has 0 aliphatic heterocycles. The lowest BCUT2D eigenvalue weighted by Gasteiger charge is -2.30. The molecule has 0 amide bonds. The lowest BCUT2D eigenvalue weighted by Crippen LogP contribution is -2.39. The monoisotopic (exact) mass is 223 g/mol. The highest BCUT2D eigenvalue weighted by molar-refractivity contribution is 5.15. The minimum Gasteiger partial charge on any atom is -0.309 e. The van der Waals surface area contributed by atoms with Crippen LogP contribution in [0.1, 0.15) is 39.7 Å². The third kappa shape index (κ3) is 3.93. The Labute approximate surface area is 98.1 Å². The van der Waals surface area contributed by atoms with Gasteiger partial charge in [-0.15, -0.1) is 0 Å². The van der Waals surface area contributed by atoms with Gasteiger partial charge in [0.2, 0.25) is 0 Å². The van der Waals surface area contributed by atoms with Gasteiger partial charge in [0.15, 0.2) is 0 Å². The summed E-state index contributed by atoms with van der Waals surface area (Å²) in [5, 5.41) is 3.52. The first-order valence-electron chi connectivity index (χ1n) is 5.91. The van der Waals surface area contributed by atoms with E-state index in [1.165, 1.54) is 12.1 Å². The molecule has 0 saturated carbocycles. The Morgan fingerprint density at radius 1 is 1.19 bits per heavy atom. The van der Waals surface area contributed by atoms with E-state index in [9.17, 15) is 4.39 Å². The fourth-order valence-electron chi connectivity index (χ4n) is 1.91. The molecular weight excluding hydrogens is 201 g/mol. The van der Waals surface area contributed by atoms with Crippen LogP contribution in [0.4, 0.5) is 4.39 Å². The molecule has 2 heteroatoms. The molecule has 0 heterocycles. The fraction of sp³-hybridized carbons (Fsp3) is 0.571. The lowest BCUT2D eigenvalue weighted by molar-refractivity contribution is 0.259. The van der Waals surface area contributed by atoms with Crippen LogP contribution in [0.3, 0.4) is 0 Å². The van der Waals surface area contributed by atoms with Crippen molar-refractivity contribution in [3.63, 3.8) is 0 Å². The highest BCUT2D eigenvalue weighted by atomic mass is 19.1. The van der Waals surface area contributed by atoms with Crippen LogP contribution in [0, 0.1) is 11.2 Å². The summed E-state index contributed by atoms with van der Waals surface area (Å²) in [6, 6.07) is 7.16. The molecular formula is C14H22FN. The molecule has 16 heavy (non-hydrogen) atoms. The zero-order chi connectivity index (χ0) is 12.2. The van der Waals surface area contributed by atoms with Gasteiger partial charge in [-0.25, -0.2) is 4.39 Å². The van der Waals surface area contributed by atoms with Gasteiger partial charge >= 0.3 is 0 Å². The smallest absolute Gasteiger partial charge is 0.123 e. The normalized spacial score (nSPS) is 13.8. The molecule has 0 spiro atoms. The SMILES string of the molecule is CCC(NCc1ccc(F)cc1)C(C)(C)C. The summed E-state index contributed by atoms with van der Waals surface area (Å²) in [5.41, 5.74) is 1.39. The lowest BCUT2D eigenvalue weighted by atomic mass is 9.85. The van der Waals surface area contributed by atoms with Crippen LogP contribution in [0.15, 0.2) is 24.3 Å². The van der Waals surface area contributed by atoms with Gasteiger partial charge in [-0.05, 0) is 29.5 Å². The van der Waals surface area contributed by atoms with Crippen LogP contribution in [0.5, 0.6) is 0 Å². The molecule has 1 N–H and O–H groups in total. The quantitative estimate of drug-likeness (QED) is 0.820. The minimum atomic E-state index is -0.174. The van der Waals surface area contributed by atoms with E-state index >= 15 is 0 Å². The number of benzene rings is 1. The maximum atomic E-state index is 12.7. The Bertz CT molecular complexity index is 311. The second kappa shape index (κ2) is 5.44. The van der Waals surface area contributed by atoms with Crippen molar-refractivity contribution in [1.82, 2.24) is 5.32 Å².